The van der Waals surface area contributed by atoms with Crippen LogP contribution in [-0.4, -0.2) is 13.1 Å². The standard InChI is InChI=1S/C17H27N/c1-12-5-7-14(3)15(9-12)11-16-10-13(2)6-8-17(16)18-4/h5,7,9,13,16-18H,6,8,10-11H2,1-4H3. The second-order valence-electron chi connectivity index (χ2n) is 6.21. The monoisotopic (exact) mass is 245 g/mol. The van der Waals surface area contributed by atoms with Gasteiger partial charge in [0.2, 0.25) is 0 Å². The molecule has 1 nitrogen and oxygen atoms in total. The maximum atomic E-state index is 3.53. The van der Waals surface area contributed by atoms with Gasteiger partial charge in [-0.15, -0.1) is 0 Å². The number of hydrogen-bond acceptors (Lipinski definition) is 1. The molecular formula is C17H27N. The molecule has 1 fully saturated rings. The van der Waals surface area contributed by atoms with E-state index in [1.165, 1.54) is 36.8 Å². The van der Waals surface area contributed by atoms with Crippen LogP contribution in [0.15, 0.2) is 18.2 Å². The molecule has 3 atom stereocenters. The zero-order valence-corrected chi connectivity index (χ0v) is 12.3. The van der Waals surface area contributed by atoms with Gasteiger partial charge in [-0.05, 0) is 69.5 Å². The molecule has 0 saturated heterocycles. The second-order valence-corrected chi connectivity index (χ2v) is 6.21. The summed E-state index contributed by atoms with van der Waals surface area (Å²) in [6.45, 7) is 6.85. The summed E-state index contributed by atoms with van der Waals surface area (Å²) in [5.41, 5.74) is 4.39. The van der Waals surface area contributed by atoms with Crippen molar-refractivity contribution in [2.24, 2.45) is 11.8 Å². The third-order valence-corrected chi connectivity index (χ3v) is 4.60. The summed E-state index contributed by atoms with van der Waals surface area (Å²) >= 11 is 0. The van der Waals surface area contributed by atoms with Crippen molar-refractivity contribution in [3.8, 4) is 0 Å². The minimum atomic E-state index is 0.709. The van der Waals surface area contributed by atoms with Crippen molar-refractivity contribution in [2.75, 3.05) is 7.05 Å². The molecule has 1 aliphatic carbocycles. The van der Waals surface area contributed by atoms with Crippen LogP contribution in [0.2, 0.25) is 0 Å². The summed E-state index contributed by atoms with van der Waals surface area (Å²) in [4.78, 5) is 0. The zero-order valence-electron chi connectivity index (χ0n) is 12.3. The molecule has 0 radical (unpaired) electrons. The number of benzene rings is 1. The summed E-state index contributed by atoms with van der Waals surface area (Å²) in [5.74, 6) is 1.70. The van der Waals surface area contributed by atoms with Crippen molar-refractivity contribution in [3.63, 3.8) is 0 Å². The van der Waals surface area contributed by atoms with Gasteiger partial charge in [-0.25, -0.2) is 0 Å². The Hall–Kier alpha value is -0.820. The highest BCUT2D eigenvalue weighted by atomic mass is 14.9. The smallest absolute Gasteiger partial charge is 0.00957 e. The Morgan fingerprint density at radius 2 is 2.00 bits per heavy atom. The minimum absolute atomic E-state index is 0.709. The molecule has 0 spiro atoms. The molecule has 100 valence electrons. The van der Waals surface area contributed by atoms with E-state index in [0.717, 1.165) is 11.8 Å². The lowest BCUT2D eigenvalue weighted by Crippen LogP contribution is -2.39. The van der Waals surface area contributed by atoms with Crippen molar-refractivity contribution in [1.82, 2.24) is 5.32 Å². The Labute approximate surface area is 112 Å². The maximum Gasteiger partial charge on any atom is 0.00957 e. The molecule has 0 heterocycles. The van der Waals surface area contributed by atoms with E-state index in [2.05, 4.69) is 51.3 Å². The number of rotatable bonds is 3. The highest BCUT2D eigenvalue weighted by Gasteiger charge is 2.27. The molecule has 1 aliphatic rings. The maximum absolute atomic E-state index is 3.53. The largest absolute Gasteiger partial charge is 0.317 e. The van der Waals surface area contributed by atoms with E-state index in [1.807, 2.05) is 0 Å². The first-order chi connectivity index (χ1) is 8.60. The number of hydrogen-bond donors (Lipinski definition) is 1. The normalized spacial score (nSPS) is 28.3. The third-order valence-electron chi connectivity index (χ3n) is 4.60. The Morgan fingerprint density at radius 1 is 1.22 bits per heavy atom. The van der Waals surface area contributed by atoms with Gasteiger partial charge in [-0.2, -0.15) is 0 Å². The molecular weight excluding hydrogens is 218 g/mol. The first kappa shape index (κ1) is 13.6. The van der Waals surface area contributed by atoms with E-state index < -0.39 is 0 Å². The number of nitrogens with one attached hydrogen (secondary N) is 1. The molecule has 0 bridgehead atoms. The summed E-state index contributed by atoms with van der Waals surface area (Å²) in [6.07, 6.45) is 5.34. The fourth-order valence-electron chi connectivity index (χ4n) is 3.41. The predicted octanol–water partition coefficient (Wildman–Crippen LogP) is 3.87. The van der Waals surface area contributed by atoms with Crippen LogP contribution in [0.4, 0.5) is 0 Å². The number of aryl methyl sites for hydroxylation is 2. The zero-order chi connectivity index (χ0) is 13.1. The average molecular weight is 245 g/mol. The van der Waals surface area contributed by atoms with Crippen LogP contribution in [0.1, 0.15) is 42.9 Å². The Balaban J connectivity index is 2.12. The molecule has 1 N–H and O–H groups in total. The van der Waals surface area contributed by atoms with Crippen LogP contribution in [0.3, 0.4) is 0 Å². The van der Waals surface area contributed by atoms with Crippen molar-refractivity contribution < 1.29 is 0 Å². The minimum Gasteiger partial charge on any atom is -0.317 e. The van der Waals surface area contributed by atoms with E-state index in [4.69, 9.17) is 0 Å². The van der Waals surface area contributed by atoms with Crippen molar-refractivity contribution in [2.45, 2.75) is 52.5 Å². The van der Waals surface area contributed by atoms with Crippen LogP contribution in [0, 0.1) is 25.7 Å². The lowest BCUT2D eigenvalue weighted by molar-refractivity contribution is 0.220. The second kappa shape index (κ2) is 5.88. The fraction of sp³-hybridized carbons (Fsp3) is 0.647. The van der Waals surface area contributed by atoms with Gasteiger partial charge in [0.15, 0.2) is 0 Å². The summed E-state index contributed by atoms with van der Waals surface area (Å²) in [5, 5.41) is 3.53. The van der Waals surface area contributed by atoms with Gasteiger partial charge in [-0.3, -0.25) is 0 Å². The molecule has 18 heavy (non-hydrogen) atoms. The fourth-order valence-corrected chi connectivity index (χ4v) is 3.41. The van der Waals surface area contributed by atoms with Gasteiger partial charge < -0.3 is 5.32 Å². The lowest BCUT2D eigenvalue weighted by atomic mass is 9.75. The Morgan fingerprint density at radius 3 is 2.72 bits per heavy atom. The molecule has 1 heteroatoms. The summed E-state index contributed by atoms with van der Waals surface area (Å²) in [6, 6.07) is 7.57. The van der Waals surface area contributed by atoms with E-state index in [9.17, 15) is 0 Å². The molecule has 1 aromatic rings. The predicted molar refractivity (Wildman–Crippen MR) is 79.0 cm³/mol. The van der Waals surface area contributed by atoms with Gasteiger partial charge >= 0.3 is 0 Å². The Kier molecular flexibility index (Phi) is 4.45. The molecule has 3 unspecified atom stereocenters. The van der Waals surface area contributed by atoms with Gasteiger partial charge in [0.1, 0.15) is 0 Å². The van der Waals surface area contributed by atoms with E-state index in [-0.39, 0.29) is 0 Å². The van der Waals surface area contributed by atoms with Gasteiger partial charge in [0.05, 0.1) is 0 Å². The summed E-state index contributed by atoms with van der Waals surface area (Å²) in [7, 11) is 2.12. The molecule has 0 aromatic heterocycles. The molecule has 1 aromatic carbocycles. The van der Waals surface area contributed by atoms with Crippen LogP contribution in [-0.2, 0) is 6.42 Å². The quantitative estimate of drug-likeness (QED) is 0.852. The van der Waals surface area contributed by atoms with Crippen LogP contribution in [0.5, 0.6) is 0 Å². The Bertz CT molecular complexity index is 397. The molecule has 0 aliphatic heterocycles. The molecule has 2 rings (SSSR count). The first-order valence-corrected chi connectivity index (χ1v) is 7.33. The van der Waals surface area contributed by atoms with Crippen molar-refractivity contribution >= 4 is 0 Å². The van der Waals surface area contributed by atoms with Gasteiger partial charge in [0.25, 0.3) is 0 Å². The lowest BCUT2D eigenvalue weighted by Gasteiger charge is -2.35. The highest BCUT2D eigenvalue weighted by molar-refractivity contribution is 5.31. The highest BCUT2D eigenvalue weighted by Crippen LogP contribution is 2.32. The third kappa shape index (κ3) is 3.14. The van der Waals surface area contributed by atoms with Crippen molar-refractivity contribution in [3.05, 3.63) is 34.9 Å². The van der Waals surface area contributed by atoms with Crippen molar-refractivity contribution in [1.29, 1.82) is 0 Å². The van der Waals surface area contributed by atoms with Crippen LogP contribution in [0.25, 0.3) is 0 Å². The van der Waals surface area contributed by atoms with E-state index in [1.54, 1.807) is 5.56 Å². The topological polar surface area (TPSA) is 12.0 Å². The molecule has 0 amide bonds. The molecule has 1 saturated carbocycles. The van der Waals surface area contributed by atoms with Crippen LogP contribution >= 0.6 is 0 Å². The average Bonchev–Trinajstić information content (AvgIpc) is 2.34. The van der Waals surface area contributed by atoms with E-state index >= 15 is 0 Å². The summed E-state index contributed by atoms with van der Waals surface area (Å²) < 4.78 is 0. The SMILES string of the molecule is CNC1CCC(C)CC1Cc1cc(C)ccc1C. The van der Waals surface area contributed by atoms with E-state index in [0.29, 0.717) is 6.04 Å². The van der Waals surface area contributed by atoms with Crippen LogP contribution < -0.4 is 5.32 Å². The van der Waals surface area contributed by atoms with Gasteiger partial charge in [-0.1, -0.05) is 30.7 Å². The first-order valence-electron chi connectivity index (χ1n) is 7.33. The van der Waals surface area contributed by atoms with Gasteiger partial charge in [0, 0.05) is 6.04 Å².